The van der Waals surface area contributed by atoms with E-state index in [9.17, 15) is 19.5 Å². The Morgan fingerprint density at radius 2 is 1.51 bits per heavy atom. The highest BCUT2D eigenvalue weighted by atomic mass is 79.9. The van der Waals surface area contributed by atoms with E-state index in [1.807, 2.05) is 65.0 Å². The maximum absolute atomic E-state index is 14.2. The molecule has 1 aliphatic carbocycles. The molecule has 3 N–H and O–H groups in total. The first-order valence-corrected chi connectivity index (χ1v) is 15.1. The van der Waals surface area contributed by atoms with Crippen molar-refractivity contribution >= 4 is 44.9 Å². The fourth-order valence-electron chi connectivity index (χ4n) is 6.06. The highest BCUT2D eigenvalue weighted by molar-refractivity contribution is 9.10. The lowest BCUT2D eigenvalue weighted by atomic mass is 9.61. The molecular formula is C34H39BrN2O6. The number of halogens is 1. The summed E-state index contributed by atoms with van der Waals surface area (Å²) in [4.78, 5) is 42.0. The summed E-state index contributed by atoms with van der Waals surface area (Å²) in [5, 5.41) is 17.6. The van der Waals surface area contributed by atoms with Gasteiger partial charge >= 0.3 is 0 Å². The van der Waals surface area contributed by atoms with Gasteiger partial charge in [-0.15, -0.1) is 0 Å². The number of anilines is 2. The van der Waals surface area contributed by atoms with E-state index in [0.717, 1.165) is 22.3 Å². The summed E-state index contributed by atoms with van der Waals surface area (Å²) in [6, 6.07) is 14.7. The molecule has 2 amide bonds. The van der Waals surface area contributed by atoms with Gasteiger partial charge < -0.3 is 25.2 Å². The SMILES string of the molecule is CCOc1cc(C2C(C(=O)Nc3ccc(C)cc3C)C(=O)CC(C)(O)C2C(=O)Nc2ccc(C)cc2C)cc(Br)c1OC. The zero-order chi connectivity index (χ0) is 31.6. The Bertz CT molecular complexity index is 1570. The number of amides is 2. The van der Waals surface area contributed by atoms with Crippen molar-refractivity contribution < 1.29 is 29.0 Å². The third kappa shape index (κ3) is 6.78. The second-order valence-electron chi connectivity index (χ2n) is 11.6. The van der Waals surface area contributed by atoms with Gasteiger partial charge in [0.2, 0.25) is 11.8 Å². The van der Waals surface area contributed by atoms with Crippen LogP contribution in [-0.2, 0) is 14.4 Å². The molecule has 1 saturated carbocycles. The van der Waals surface area contributed by atoms with Gasteiger partial charge in [-0.3, -0.25) is 14.4 Å². The van der Waals surface area contributed by atoms with Crippen LogP contribution in [0.1, 0.15) is 54.0 Å². The Morgan fingerprint density at radius 3 is 2.02 bits per heavy atom. The topological polar surface area (TPSA) is 114 Å². The third-order valence-corrected chi connectivity index (χ3v) is 8.62. The van der Waals surface area contributed by atoms with Gasteiger partial charge in [-0.1, -0.05) is 35.4 Å². The number of carbonyl (C=O) groups excluding carboxylic acids is 3. The molecule has 0 heterocycles. The Morgan fingerprint density at radius 1 is 0.953 bits per heavy atom. The number of aryl methyl sites for hydroxylation is 4. The maximum atomic E-state index is 14.2. The second-order valence-corrected chi connectivity index (χ2v) is 12.4. The smallest absolute Gasteiger partial charge is 0.235 e. The van der Waals surface area contributed by atoms with E-state index >= 15 is 0 Å². The van der Waals surface area contributed by atoms with Gasteiger partial charge in [0.25, 0.3) is 0 Å². The van der Waals surface area contributed by atoms with Crippen LogP contribution in [-0.4, -0.2) is 42.0 Å². The van der Waals surface area contributed by atoms with E-state index in [4.69, 9.17) is 9.47 Å². The van der Waals surface area contributed by atoms with Gasteiger partial charge in [-0.25, -0.2) is 0 Å². The molecule has 3 aromatic rings. The number of benzene rings is 3. The van der Waals surface area contributed by atoms with Crippen molar-refractivity contribution in [3.05, 3.63) is 80.8 Å². The average molecular weight is 652 g/mol. The van der Waals surface area contributed by atoms with Crippen LogP contribution in [0.4, 0.5) is 11.4 Å². The van der Waals surface area contributed by atoms with Crippen LogP contribution in [0.15, 0.2) is 53.0 Å². The lowest BCUT2D eigenvalue weighted by Gasteiger charge is -2.44. The minimum atomic E-state index is -1.75. The number of methoxy groups -OCH3 is 1. The molecule has 0 aromatic heterocycles. The van der Waals surface area contributed by atoms with Crippen molar-refractivity contribution in [1.29, 1.82) is 0 Å². The Kier molecular flexibility index (Phi) is 9.66. The van der Waals surface area contributed by atoms with Gasteiger partial charge in [0.05, 0.1) is 29.7 Å². The molecule has 0 saturated heterocycles. The van der Waals surface area contributed by atoms with Crippen LogP contribution in [0.25, 0.3) is 0 Å². The largest absolute Gasteiger partial charge is 0.492 e. The Hall–Kier alpha value is -3.69. The number of Topliss-reactive ketones (excluding diaryl/α,β-unsaturated/α-hetero) is 1. The van der Waals surface area contributed by atoms with Crippen LogP contribution in [0, 0.1) is 39.5 Å². The summed E-state index contributed by atoms with van der Waals surface area (Å²) in [6.07, 6.45) is -0.366. The molecule has 9 heteroatoms. The van der Waals surface area contributed by atoms with Crippen LogP contribution in [0.2, 0.25) is 0 Å². The van der Waals surface area contributed by atoms with E-state index in [2.05, 4.69) is 26.6 Å². The zero-order valence-electron chi connectivity index (χ0n) is 25.6. The van der Waals surface area contributed by atoms with Gasteiger partial charge in [0.15, 0.2) is 11.5 Å². The van der Waals surface area contributed by atoms with E-state index in [1.165, 1.54) is 14.0 Å². The number of carbonyl (C=O) groups is 3. The number of ether oxygens (including phenoxy) is 2. The maximum Gasteiger partial charge on any atom is 0.235 e. The van der Waals surface area contributed by atoms with Crippen molar-refractivity contribution in [2.75, 3.05) is 24.4 Å². The molecule has 0 bridgehead atoms. The second kappa shape index (κ2) is 12.9. The van der Waals surface area contributed by atoms with E-state index in [0.29, 0.717) is 39.5 Å². The first kappa shape index (κ1) is 32.2. The predicted molar refractivity (Wildman–Crippen MR) is 171 cm³/mol. The standard InChI is InChI=1S/C34H39BrN2O6/c1-8-43-27-16-22(15-23(35)31(27)42-7)28-29(32(39)36-24-11-9-18(2)13-20(24)4)26(38)17-34(6,41)30(28)33(40)37-25-12-10-19(3)14-21(25)5/h9-16,28-30,41H,8,17H2,1-7H3,(H,36,39)(H,37,40). The zero-order valence-corrected chi connectivity index (χ0v) is 27.2. The summed E-state index contributed by atoms with van der Waals surface area (Å²) in [7, 11) is 1.51. The van der Waals surface area contributed by atoms with Crippen molar-refractivity contribution in [3.63, 3.8) is 0 Å². The van der Waals surface area contributed by atoms with Crippen LogP contribution >= 0.6 is 15.9 Å². The third-order valence-electron chi connectivity index (χ3n) is 8.03. The molecule has 4 unspecified atom stereocenters. The van der Waals surface area contributed by atoms with E-state index < -0.39 is 41.0 Å². The normalized spacial score (nSPS) is 21.7. The van der Waals surface area contributed by atoms with Crippen molar-refractivity contribution in [2.45, 2.75) is 59.5 Å². The molecule has 8 nitrogen and oxygen atoms in total. The van der Waals surface area contributed by atoms with Gasteiger partial charge in [0.1, 0.15) is 11.7 Å². The fraction of sp³-hybridized carbons (Fsp3) is 0.382. The lowest BCUT2D eigenvalue weighted by molar-refractivity contribution is -0.150. The van der Waals surface area contributed by atoms with Crippen LogP contribution in [0.3, 0.4) is 0 Å². The molecular weight excluding hydrogens is 612 g/mol. The highest BCUT2D eigenvalue weighted by Crippen LogP contribution is 2.49. The van der Waals surface area contributed by atoms with Gasteiger partial charge in [-0.05, 0) is 98.4 Å². The molecule has 4 atom stereocenters. The van der Waals surface area contributed by atoms with E-state index in [-0.39, 0.29) is 6.42 Å². The van der Waals surface area contributed by atoms with Crippen molar-refractivity contribution in [1.82, 2.24) is 0 Å². The van der Waals surface area contributed by atoms with Gasteiger partial charge in [0, 0.05) is 23.7 Å². The number of nitrogens with one attached hydrogen (secondary N) is 2. The molecule has 1 aliphatic rings. The number of rotatable bonds is 8. The van der Waals surface area contributed by atoms with Crippen molar-refractivity contribution in [3.8, 4) is 11.5 Å². The van der Waals surface area contributed by atoms with Crippen LogP contribution in [0.5, 0.6) is 11.5 Å². The monoisotopic (exact) mass is 650 g/mol. The average Bonchev–Trinajstić information content (AvgIpc) is 2.90. The quantitative estimate of drug-likeness (QED) is 0.243. The summed E-state index contributed by atoms with van der Waals surface area (Å²) < 4.78 is 11.9. The van der Waals surface area contributed by atoms with E-state index in [1.54, 1.807) is 18.2 Å². The minimum Gasteiger partial charge on any atom is -0.492 e. The molecule has 0 aliphatic heterocycles. The lowest BCUT2D eigenvalue weighted by Crippen LogP contribution is -2.56. The summed E-state index contributed by atoms with van der Waals surface area (Å²) in [5.74, 6) is -4.16. The molecule has 3 aromatic carbocycles. The summed E-state index contributed by atoms with van der Waals surface area (Å²) in [5.41, 5.74) is 3.66. The molecule has 4 rings (SSSR count). The Labute approximate surface area is 261 Å². The number of hydrogen-bond acceptors (Lipinski definition) is 6. The first-order valence-electron chi connectivity index (χ1n) is 14.3. The number of aliphatic hydroxyl groups is 1. The summed E-state index contributed by atoms with van der Waals surface area (Å²) >= 11 is 3.54. The van der Waals surface area contributed by atoms with Crippen molar-refractivity contribution in [2.24, 2.45) is 11.8 Å². The predicted octanol–water partition coefficient (Wildman–Crippen LogP) is 6.41. The molecule has 0 spiro atoms. The van der Waals surface area contributed by atoms with Gasteiger partial charge in [-0.2, -0.15) is 0 Å². The Balaban J connectivity index is 1.88. The molecule has 0 radical (unpaired) electrons. The number of hydrogen-bond donors (Lipinski definition) is 3. The fourth-order valence-corrected chi connectivity index (χ4v) is 6.68. The first-order chi connectivity index (χ1) is 20.3. The highest BCUT2D eigenvalue weighted by Gasteiger charge is 2.56. The van der Waals surface area contributed by atoms with Crippen LogP contribution < -0.4 is 20.1 Å². The number of ketones is 1. The minimum absolute atomic E-state index is 0.334. The molecule has 43 heavy (non-hydrogen) atoms. The molecule has 228 valence electrons. The molecule has 1 fully saturated rings. The summed E-state index contributed by atoms with van der Waals surface area (Å²) in [6.45, 7) is 11.3.